The summed E-state index contributed by atoms with van der Waals surface area (Å²) in [5.41, 5.74) is 11.2. The van der Waals surface area contributed by atoms with E-state index in [4.69, 9.17) is 8.83 Å². The minimum Gasteiger partial charge on any atom is -0.455 e. The molecule has 0 fully saturated rings. The summed E-state index contributed by atoms with van der Waals surface area (Å²) in [6.45, 7) is 0. The van der Waals surface area contributed by atoms with E-state index in [0.29, 0.717) is 0 Å². The maximum Gasteiger partial charge on any atom is 0.159 e. The van der Waals surface area contributed by atoms with Crippen molar-refractivity contribution in [2.24, 2.45) is 0 Å². The highest BCUT2D eigenvalue weighted by Gasteiger charge is 2.21. The zero-order valence-corrected chi connectivity index (χ0v) is 26.5. The molecule has 3 nitrogen and oxygen atoms in total. The van der Waals surface area contributed by atoms with Gasteiger partial charge in [0.05, 0.1) is 5.69 Å². The second kappa shape index (κ2) is 11.0. The van der Waals surface area contributed by atoms with Crippen LogP contribution in [0.15, 0.2) is 185 Å². The SMILES string of the molecule is c1ccc(-c2ccc(N(c3cccc(-c4cccc5oc6c7ccccc7ccc6c45)c3)c3cccc4c3oc3ccccc34)cc2)cc1. The quantitative estimate of drug-likeness (QED) is 0.190. The van der Waals surface area contributed by atoms with Crippen LogP contribution in [0, 0.1) is 0 Å². The summed E-state index contributed by atoms with van der Waals surface area (Å²) in [6, 6.07) is 61.9. The Morgan fingerprint density at radius 1 is 0.367 bits per heavy atom. The van der Waals surface area contributed by atoms with Gasteiger partial charge in [0.25, 0.3) is 0 Å². The number of benzene rings is 8. The third kappa shape index (κ3) is 4.44. The lowest BCUT2D eigenvalue weighted by molar-refractivity contribution is 0.669. The van der Waals surface area contributed by atoms with Crippen LogP contribution in [-0.2, 0) is 0 Å². The second-order valence-corrected chi connectivity index (χ2v) is 12.5. The molecule has 2 heterocycles. The predicted octanol–water partition coefficient (Wildman–Crippen LogP) is 13.4. The van der Waals surface area contributed by atoms with Gasteiger partial charge < -0.3 is 13.7 Å². The summed E-state index contributed by atoms with van der Waals surface area (Å²) in [5, 5.41) is 6.75. The van der Waals surface area contributed by atoms with Crippen LogP contribution in [-0.4, -0.2) is 0 Å². The molecule has 0 radical (unpaired) electrons. The van der Waals surface area contributed by atoms with Gasteiger partial charge >= 0.3 is 0 Å². The summed E-state index contributed by atoms with van der Waals surface area (Å²) in [6.07, 6.45) is 0. The van der Waals surface area contributed by atoms with Crippen LogP contribution in [0.4, 0.5) is 17.1 Å². The lowest BCUT2D eigenvalue weighted by atomic mass is 9.97. The first-order chi connectivity index (χ1) is 24.3. The van der Waals surface area contributed by atoms with Gasteiger partial charge in [-0.2, -0.15) is 0 Å². The highest BCUT2D eigenvalue weighted by atomic mass is 16.3. The zero-order valence-electron chi connectivity index (χ0n) is 26.5. The molecule has 2 aromatic heterocycles. The van der Waals surface area contributed by atoms with Gasteiger partial charge in [0.15, 0.2) is 5.58 Å². The van der Waals surface area contributed by atoms with Crippen molar-refractivity contribution in [1.82, 2.24) is 0 Å². The Morgan fingerprint density at radius 3 is 1.94 bits per heavy atom. The number of nitrogens with zero attached hydrogens (tertiary/aromatic N) is 1. The fraction of sp³-hybridized carbons (Fsp3) is 0. The van der Waals surface area contributed by atoms with Crippen LogP contribution >= 0.6 is 0 Å². The molecule has 0 aliphatic heterocycles. The molecule has 0 aliphatic rings. The average molecular weight is 628 g/mol. The van der Waals surface area contributed by atoms with E-state index in [2.05, 4.69) is 169 Å². The molecule has 0 N–H and O–H groups in total. The Morgan fingerprint density at radius 2 is 1.04 bits per heavy atom. The number of furan rings is 2. The molecule has 49 heavy (non-hydrogen) atoms. The lowest BCUT2D eigenvalue weighted by Crippen LogP contribution is -2.10. The van der Waals surface area contributed by atoms with E-state index in [9.17, 15) is 0 Å². The summed E-state index contributed by atoms with van der Waals surface area (Å²) in [7, 11) is 0. The second-order valence-electron chi connectivity index (χ2n) is 12.5. The van der Waals surface area contributed by atoms with Crippen LogP contribution in [0.5, 0.6) is 0 Å². The van der Waals surface area contributed by atoms with Crippen molar-refractivity contribution in [2.75, 3.05) is 4.90 Å². The van der Waals surface area contributed by atoms with E-state index < -0.39 is 0 Å². The molecule has 10 aromatic rings. The van der Waals surface area contributed by atoms with Crippen molar-refractivity contribution >= 4 is 71.7 Å². The number of hydrogen-bond donors (Lipinski definition) is 0. The highest BCUT2D eigenvalue weighted by Crippen LogP contribution is 2.45. The Labute approximate surface area is 282 Å². The molecule has 0 saturated carbocycles. The smallest absolute Gasteiger partial charge is 0.159 e. The van der Waals surface area contributed by atoms with Crippen LogP contribution in [0.1, 0.15) is 0 Å². The monoisotopic (exact) mass is 627 g/mol. The highest BCUT2D eigenvalue weighted by molar-refractivity contribution is 6.19. The van der Waals surface area contributed by atoms with Gasteiger partial charge in [-0.15, -0.1) is 0 Å². The van der Waals surface area contributed by atoms with Gasteiger partial charge in [0.2, 0.25) is 0 Å². The Hall–Kier alpha value is -6.58. The molecule has 0 spiro atoms. The van der Waals surface area contributed by atoms with Crippen molar-refractivity contribution in [2.45, 2.75) is 0 Å². The van der Waals surface area contributed by atoms with E-state index in [0.717, 1.165) is 77.5 Å². The van der Waals surface area contributed by atoms with Crippen LogP contribution in [0.2, 0.25) is 0 Å². The Balaban J connectivity index is 1.18. The third-order valence-electron chi connectivity index (χ3n) is 9.66. The molecular weight excluding hydrogens is 599 g/mol. The maximum atomic E-state index is 6.59. The minimum absolute atomic E-state index is 0.857. The standard InChI is InChI=1S/C46H29NO2/c1-2-11-30(12-3-1)31-23-26-34(27-24-31)47(41-20-9-19-39-38-17-6-7-21-42(38)48-46(39)41)35-15-8-14-33(29-35)36-18-10-22-43-44(36)40-28-25-32-13-4-5-16-37(32)45(40)49-43/h1-29H. The van der Waals surface area contributed by atoms with Crippen molar-refractivity contribution < 1.29 is 8.83 Å². The fourth-order valence-corrected chi connectivity index (χ4v) is 7.38. The third-order valence-corrected chi connectivity index (χ3v) is 9.66. The molecule has 10 rings (SSSR count). The summed E-state index contributed by atoms with van der Waals surface area (Å²) in [5.74, 6) is 0. The largest absolute Gasteiger partial charge is 0.455 e. The molecule has 0 saturated heterocycles. The van der Waals surface area contributed by atoms with Crippen LogP contribution in [0.25, 0.3) is 76.9 Å². The normalized spacial score (nSPS) is 11.7. The fourth-order valence-electron chi connectivity index (χ4n) is 7.38. The van der Waals surface area contributed by atoms with E-state index >= 15 is 0 Å². The van der Waals surface area contributed by atoms with Crippen molar-refractivity contribution in [3.8, 4) is 22.3 Å². The number of para-hydroxylation sites is 2. The first kappa shape index (κ1) is 27.5. The van der Waals surface area contributed by atoms with Gasteiger partial charge in [0.1, 0.15) is 16.7 Å². The van der Waals surface area contributed by atoms with Crippen LogP contribution in [0.3, 0.4) is 0 Å². The predicted molar refractivity (Wildman–Crippen MR) is 204 cm³/mol. The van der Waals surface area contributed by atoms with E-state index in [1.54, 1.807) is 0 Å². The van der Waals surface area contributed by atoms with Gasteiger partial charge in [-0.25, -0.2) is 0 Å². The maximum absolute atomic E-state index is 6.59. The molecule has 0 atom stereocenters. The number of hydrogen-bond acceptors (Lipinski definition) is 3. The first-order valence-electron chi connectivity index (χ1n) is 16.6. The Bertz CT molecular complexity index is 2830. The van der Waals surface area contributed by atoms with E-state index in [-0.39, 0.29) is 0 Å². The number of anilines is 3. The van der Waals surface area contributed by atoms with Gasteiger partial charge in [-0.3, -0.25) is 0 Å². The lowest BCUT2D eigenvalue weighted by Gasteiger charge is -2.26. The summed E-state index contributed by atoms with van der Waals surface area (Å²) < 4.78 is 13.1. The zero-order chi connectivity index (χ0) is 32.3. The van der Waals surface area contributed by atoms with Gasteiger partial charge in [0, 0.05) is 38.3 Å². The molecule has 0 unspecified atom stereocenters. The summed E-state index contributed by atoms with van der Waals surface area (Å²) in [4.78, 5) is 2.31. The van der Waals surface area contributed by atoms with Crippen molar-refractivity contribution in [3.05, 3.63) is 176 Å². The summed E-state index contributed by atoms with van der Waals surface area (Å²) >= 11 is 0. The Kier molecular flexibility index (Phi) is 6.18. The molecule has 3 heteroatoms. The molecule has 0 aliphatic carbocycles. The molecule has 0 amide bonds. The minimum atomic E-state index is 0.857. The number of fused-ring (bicyclic) bond motifs is 8. The van der Waals surface area contributed by atoms with Crippen LogP contribution < -0.4 is 4.90 Å². The molecule has 8 aromatic carbocycles. The topological polar surface area (TPSA) is 29.5 Å². The van der Waals surface area contributed by atoms with E-state index in [1.807, 2.05) is 12.1 Å². The molecular formula is C46H29NO2. The first-order valence-corrected chi connectivity index (χ1v) is 16.6. The van der Waals surface area contributed by atoms with Crippen molar-refractivity contribution in [3.63, 3.8) is 0 Å². The van der Waals surface area contributed by atoms with Gasteiger partial charge in [-0.05, 0) is 76.2 Å². The molecule has 230 valence electrons. The van der Waals surface area contributed by atoms with Crippen molar-refractivity contribution in [1.29, 1.82) is 0 Å². The molecule has 0 bridgehead atoms. The number of rotatable bonds is 5. The average Bonchev–Trinajstić information content (AvgIpc) is 3.75. The van der Waals surface area contributed by atoms with Gasteiger partial charge in [-0.1, -0.05) is 127 Å². The van der Waals surface area contributed by atoms with E-state index in [1.165, 1.54) is 16.5 Å².